The van der Waals surface area contributed by atoms with Gasteiger partial charge in [-0.05, 0) is 24.1 Å². The van der Waals surface area contributed by atoms with E-state index in [9.17, 15) is 5.11 Å². The Labute approximate surface area is 116 Å². The van der Waals surface area contributed by atoms with Crippen molar-refractivity contribution in [3.05, 3.63) is 22.2 Å². The second-order valence-corrected chi connectivity index (χ2v) is 5.31. The standard InChI is InChI=1S/C13H19BrN2O2/c1-18-13-9-11(14)10(8-12(13)17)2-5-16-6-3-15-4-7-16/h8-9,15,17H,2-7H2,1H3. The van der Waals surface area contributed by atoms with Gasteiger partial charge in [-0.25, -0.2) is 0 Å². The van der Waals surface area contributed by atoms with Gasteiger partial charge >= 0.3 is 0 Å². The number of nitrogens with one attached hydrogen (secondary N) is 1. The molecule has 1 aliphatic rings. The molecule has 2 rings (SSSR count). The smallest absolute Gasteiger partial charge is 0.161 e. The first kappa shape index (κ1) is 13.6. The van der Waals surface area contributed by atoms with Crippen LogP contribution in [0.1, 0.15) is 5.56 Å². The van der Waals surface area contributed by atoms with Gasteiger partial charge in [0, 0.05) is 37.2 Å². The zero-order chi connectivity index (χ0) is 13.0. The number of hydrogen-bond donors (Lipinski definition) is 2. The number of ether oxygens (including phenoxy) is 1. The Kier molecular flexibility index (Phi) is 4.86. The Morgan fingerprint density at radius 1 is 1.39 bits per heavy atom. The van der Waals surface area contributed by atoms with Crippen molar-refractivity contribution in [2.75, 3.05) is 39.8 Å². The molecule has 1 aromatic rings. The second kappa shape index (κ2) is 6.41. The second-order valence-electron chi connectivity index (χ2n) is 4.46. The Balaban J connectivity index is 1.98. The van der Waals surface area contributed by atoms with Gasteiger partial charge in [-0.3, -0.25) is 0 Å². The van der Waals surface area contributed by atoms with E-state index in [2.05, 4.69) is 26.1 Å². The maximum Gasteiger partial charge on any atom is 0.161 e. The van der Waals surface area contributed by atoms with Gasteiger partial charge in [0.1, 0.15) is 0 Å². The van der Waals surface area contributed by atoms with E-state index in [1.165, 1.54) is 0 Å². The highest BCUT2D eigenvalue weighted by atomic mass is 79.9. The monoisotopic (exact) mass is 314 g/mol. The molecule has 0 unspecified atom stereocenters. The van der Waals surface area contributed by atoms with E-state index in [0.717, 1.165) is 49.2 Å². The molecule has 1 aromatic carbocycles. The molecule has 1 saturated heterocycles. The van der Waals surface area contributed by atoms with Crippen LogP contribution in [0.25, 0.3) is 0 Å². The third-order valence-corrected chi connectivity index (χ3v) is 3.99. The third kappa shape index (κ3) is 3.37. The first-order valence-electron chi connectivity index (χ1n) is 6.19. The fourth-order valence-corrected chi connectivity index (χ4v) is 2.68. The lowest BCUT2D eigenvalue weighted by Crippen LogP contribution is -2.44. The van der Waals surface area contributed by atoms with E-state index in [1.54, 1.807) is 13.2 Å². The molecule has 0 atom stereocenters. The molecule has 0 amide bonds. The summed E-state index contributed by atoms with van der Waals surface area (Å²) in [4.78, 5) is 2.43. The molecule has 0 spiro atoms. The highest BCUT2D eigenvalue weighted by Crippen LogP contribution is 2.32. The van der Waals surface area contributed by atoms with Gasteiger partial charge < -0.3 is 20.1 Å². The van der Waals surface area contributed by atoms with Crippen molar-refractivity contribution in [3.8, 4) is 11.5 Å². The molecule has 5 heteroatoms. The molecule has 2 N–H and O–H groups in total. The molecule has 0 saturated carbocycles. The lowest BCUT2D eigenvalue weighted by molar-refractivity contribution is 0.243. The van der Waals surface area contributed by atoms with Crippen LogP contribution in [0, 0.1) is 0 Å². The molecular weight excluding hydrogens is 296 g/mol. The zero-order valence-corrected chi connectivity index (χ0v) is 12.2. The van der Waals surface area contributed by atoms with Gasteiger partial charge in [0.2, 0.25) is 0 Å². The van der Waals surface area contributed by atoms with Gasteiger partial charge in [0.15, 0.2) is 11.5 Å². The van der Waals surface area contributed by atoms with Crippen LogP contribution >= 0.6 is 15.9 Å². The van der Waals surface area contributed by atoms with Gasteiger partial charge in [-0.1, -0.05) is 15.9 Å². The van der Waals surface area contributed by atoms with Gasteiger partial charge in [0.25, 0.3) is 0 Å². The maximum absolute atomic E-state index is 9.78. The van der Waals surface area contributed by atoms with Crippen molar-refractivity contribution in [3.63, 3.8) is 0 Å². The Hall–Kier alpha value is -0.780. The van der Waals surface area contributed by atoms with Gasteiger partial charge in [0.05, 0.1) is 7.11 Å². The molecule has 0 bridgehead atoms. The fraction of sp³-hybridized carbons (Fsp3) is 0.538. The molecule has 0 aliphatic carbocycles. The van der Waals surface area contributed by atoms with E-state index < -0.39 is 0 Å². The summed E-state index contributed by atoms with van der Waals surface area (Å²) in [5, 5.41) is 13.1. The highest BCUT2D eigenvalue weighted by molar-refractivity contribution is 9.10. The van der Waals surface area contributed by atoms with Crippen molar-refractivity contribution in [2.24, 2.45) is 0 Å². The van der Waals surface area contributed by atoms with E-state index in [1.807, 2.05) is 6.07 Å². The third-order valence-electron chi connectivity index (χ3n) is 3.25. The molecular formula is C13H19BrN2O2. The highest BCUT2D eigenvalue weighted by Gasteiger charge is 2.12. The normalized spacial score (nSPS) is 16.8. The van der Waals surface area contributed by atoms with Crippen LogP contribution in [0.4, 0.5) is 0 Å². The largest absolute Gasteiger partial charge is 0.504 e. The first-order chi connectivity index (χ1) is 8.70. The summed E-state index contributed by atoms with van der Waals surface area (Å²) in [5.41, 5.74) is 1.12. The maximum atomic E-state index is 9.78. The molecule has 100 valence electrons. The summed E-state index contributed by atoms with van der Waals surface area (Å²) >= 11 is 3.53. The zero-order valence-electron chi connectivity index (χ0n) is 10.6. The summed E-state index contributed by atoms with van der Waals surface area (Å²) in [6.45, 7) is 5.34. The molecule has 18 heavy (non-hydrogen) atoms. The van der Waals surface area contributed by atoms with Crippen LogP contribution < -0.4 is 10.1 Å². The Bertz CT molecular complexity index is 406. The summed E-state index contributed by atoms with van der Waals surface area (Å²) in [6.07, 6.45) is 0.929. The molecule has 0 radical (unpaired) electrons. The number of methoxy groups -OCH3 is 1. The van der Waals surface area contributed by atoms with E-state index in [0.29, 0.717) is 5.75 Å². The predicted molar refractivity (Wildman–Crippen MR) is 75.4 cm³/mol. The number of phenols is 1. The molecule has 1 heterocycles. The molecule has 0 aromatic heterocycles. The van der Waals surface area contributed by atoms with Crippen molar-refractivity contribution in [2.45, 2.75) is 6.42 Å². The number of hydrogen-bond acceptors (Lipinski definition) is 4. The number of piperazine rings is 1. The van der Waals surface area contributed by atoms with Crippen LogP contribution in [0.2, 0.25) is 0 Å². The number of nitrogens with zero attached hydrogens (tertiary/aromatic N) is 1. The minimum absolute atomic E-state index is 0.205. The van der Waals surface area contributed by atoms with Crippen LogP contribution in [0.15, 0.2) is 16.6 Å². The summed E-state index contributed by atoms with van der Waals surface area (Å²) in [6, 6.07) is 3.60. The van der Waals surface area contributed by atoms with Crippen molar-refractivity contribution in [1.29, 1.82) is 0 Å². The fourth-order valence-electron chi connectivity index (χ4n) is 2.16. The average molecular weight is 315 g/mol. The topological polar surface area (TPSA) is 44.7 Å². The number of rotatable bonds is 4. The minimum atomic E-state index is 0.205. The first-order valence-corrected chi connectivity index (χ1v) is 6.98. The predicted octanol–water partition coefficient (Wildman–Crippen LogP) is 1.61. The Morgan fingerprint density at radius 3 is 2.78 bits per heavy atom. The van der Waals surface area contributed by atoms with Gasteiger partial charge in [-0.15, -0.1) is 0 Å². The number of halogens is 1. The van der Waals surface area contributed by atoms with Crippen LogP contribution in [-0.2, 0) is 6.42 Å². The number of phenolic OH excluding ortho intramolecular Hbond substituents is 1. The lowest BCUT2D eigenvalue weighted by Gasteiger charge is -2.27. The van der Waals surface area contributed by atoms with Crippen LogP contribution in [0.5, 0.6) is 11.5 Å². The molecule has 4 nitrogen and oxygen atoms in total. The van der Waals surface area contributed by atoms with Crippen LogP contribution in [-0.4, -0.2) is 49.8 Å². The summed E-state index contributed by atoms with van der Waals surface area (Å²) in [7, 11) is 1.56. The molecule has 1 fully saturated rings. The van der Waals surface area contributed by atoms with Crippen molar-refractivity contribution < 1.29 is 9.84 Å². The summed E-state index contributed by atoms with van der Waals surface area (Å²) < 4.78 is 6.07. The summed E-state index contributed by atoms with van der Waals surface area (Å²) in [5.74, 6) is 0.712. The molecule has 1 aliphatic heterocycles. The lowest BCUT2D eigenvalue weighted by atomic mass is 10.1. The van der Waals surface area contributed by atoms with Crippen molar-refractivity contribution in [1.82, 2.24) is 10.2 Å². The Morgan fingerprint density at radius 2 is 2.11 bits per heavy atom. The van der Waals surface area contributed by atoms with E-state index in [4.69, 9.17) is 4.74 Å². The van der Waals surface area contributed by atoms with Gasteiger partial charge in [-0.2, -0.15) is 0 Å². The van der Waals surface area contributed by atoms with Crippen molar-refractivity contribution >= 4 is 15.9 Å². The van der Waals surface area contributed by atoms with Crippen LogP contribution in [0.3, 0.4) is 0 Å². The SMILES string of the molecule is COc1cc(Br)c(CCN2CCNCC2)cc1O. The van der Waals surface area contributed by atoms with E-state index >= 15 is 0 Å². The minimum Gasteiger partial charge on any atom is -0.504 e. The average Bonchev–Trinajstić information content (AvgIpc) is 2.40. The van der Waals surface area contributed by atoms with E-state index in [-0.39, 0.29) is 5.75 Å². The number of benzene rings is 1. The number of aromatic hydroxyl groups is 1. The quantitative estimate of drug-likeness (QED) is 0.886.